The molecule has 1 aromatic rings. The van der Waals surface area contributed by atoms with Gasteiger partial charge in [0, 0.05) is 38.4 Å². The van der Waals surface area contributed by atoms with E-state index < -0.39 is 0 Å². The molecule has 1 aliphatic heterocycles. The highest BCUT2D eigenvalue weighted by molar-refractivity contribution is 6.30. The van der Waals surface area contributed by atoms with Crippen LogP contribution in [0.25, 0.3) is 0 Å². The maximum atomic E-state index is 5.84. The molecule has 0 spiro atoms. The van der Waals surface area contributed by atoms with Crippen molar-refractivity contribution in [2.45, 2.75) is 26.3 Å². The number of rotatable bonds is 3. The fraction of sp³-hybridized carbons (Fsp3) is 0.615. The molecular formula is C13H20ClN3. The van der Waals surface area contributed by atoms with Crippen LogP contribution in [0.2, 0.25) is 5.02 Å². The van der Waals surface area contributed by atoms with Gasteiger partial charge in [0.2, 0.25) is 0 Å². The summed E-state index contributed by atoms with van der Waals surface area (Å²) in [5, 5.41) is 0.701. The van der Waals surface area contributed by atoms with E-state index in [4.69, 9.17) is 11.6 Å². The second-order valence-corrected chi connectivity index (χ2v) is 5.05. The molecule has 1 aromatic heterocycles. The molecule has 0 radical (unpaired) electrons. The summed E-state index contributed by atoms with van der Waals surface area (Å²) in [5.41, 5.74) is 0. The van der Waals surface area contributed by atoms with Crippen LogP contribution in [-0.2, 0) is 0 Å². The highest BCUT2D eigenvalue weighted by Crippen LogP contribution is 2.17. The second kappa shape index (κ2) is 5.69. The zero-order valence-corrected chi connectivity index (χ0v) is 11.3. The first-order valence-electron chi connectivity index (χ1n) is 6.31. The lowest BCUT2D eigenvalue weighted by molar-refractivity contribution is 0.192. The first-order valence-corrected chi connectivity index (χ1v) is 6.69. The first kappa shape index (κ1) is 12.7. The quantitative estimate of drug-likeness (QED) is 0.826. The molecule has 4 heteroatoms. The van der Waals surface area contributed by atoms with Gasteiger partial charge in [-0.05, 0) is 25.5 Å². The van der Waals surface area contributed by atoms with E-state index in [1.807, 2.05) is 12.1 Å². The molecule has 2 rings (SSSR count). The minimum atomic E-state index is 0.690. The van der Waals surface area contributed by atoms with Crippen molar-refractivity contribution < 1.29 is 0 Å². The van der Waals surface area contributed by atoms with Crippen molar-refractivity contribution in [2.75, 3.05) is 31.1 Å². The van der Waals surface area contributed by atoms with Crippen molar-refractivity contribution in [1.82, 2.24) is 9.88 Å². The summed E-state index contributed by atoms with van der Waals surface area (Å²) in [4.78, 5) is 9.24. The van der Waals surface area contributed by atoms with Crippen LogP contribution in [0.15, 0.2) is 18.3 Å². The van der Waals surface area contributed by atoms with E-state index in [0.717, 1.165) is 32.0 Å². The maximum absolute atomic E-state index is 5.84. The summed E-state index contributed by atoms with van der Waals surface area (Å²) in [5.74, 6) is 1.04. The summed E-state index contributed by atoms with van der Waals surface area (Å²) in [6.45, 7) is 8.91. The summed E-state index contributed by atoms with van der Waals surface area (Å²) < 4.78 is 0. The van der Waals surface area contributed by atoms with Crippen molar-refractivity contribution in [2.24, 2.45) is 0 Å². The predicted molar refractivity (Wildman–Crippen MR) is 72.8 cm³/mol. The summed E-state index contributed by atoms with van der Waals surface area (Å²) in [6, 6.07) is 4.60. The number of aromatic nitrogens is 1. The van der Waals surface area contributed by atoms with Crippen LogP contribution in [0, 0.1) is 0 Å². The number of hydrogen-bond acceptors (Lipinski definition) is 3. The zero-order chi connectivity index (χ0) is 12.3. The lowest BCUT2D eigenvalue weighted by Gasteiger charge is -2.38. The smallest absolute Gasteiger partial charge is 0.128 e. The lowest BCUT2D eigenvalue weighted by Crippen LogP contribution is -2.49. The van der Waals surface area contributed by atoms with E-state index in [9.17, 15) is 0 Å². The molecule has 0 bridgehead atoms. The third kappa shape index (κ3) is 3.11. The first-order chi connectivity index (χ1) is 8.20. The number of anilines is 1. The minimum absolute atomic E-state index is 0.690. The zero-order valence-electron chi connectivity index (χ0n) is 10.6. The predicted octanol–water partition coefficient (Wildman–Crippen LogP) is 2.66. The van der Waals surface area contributed by atoms with E-state index in [2.05, 4.69) is 28.6 Å². The molecule has 1 aliphatic rings. The second-order valence-electron chi connectivity index (χ2n) is 4.61. The topological polar surface area (TPSA) is 19.4 Å². The third-order valence-corrected chi connectivity index (χ3v) is 3.79. The Morgan fingerprint density at radius 1 is 1.29 bits per heavy atom. The van der Waals surface area contributed by atoms with Crippen LogP contribution in [0.5, 0.6) is 0 Å². The van der Waals surface area contributed by atoms with Gasteiger partial charge >= 0.3 is 0 Å². The molecule has 1 fully saturated rings. The molecule has 1 saturated heterocycles. The Morgan fingerprint density at radius 3 is 2.53 bits per heavy atom. The SMILES string of the molecule is CCC(C)N1CCN(c2ccc(Cl)cn2)CC1. The molecule has 3 nitrogen and oxygen atoms in total. The lowest BCUT2D eigenvalue weighted by atomic mass is 10.2. The molecule has 1 atom stereocenters. The van der Waals surface area contributed by atoms with Crippen LogP contribution in [-0.4, -0.2) is 42.1 Å². The van der Waals surface area contributed by atoms with Gasteiger partial charge in [0.05, 0.1) is 5.02 Å². The Morgan fingerprint density at radius 2 is 2.00 bits per heavy atom. The van der Waals surface area contributed by atoms with Crippen molar-refractivity contribution in [1.29, 1.82) is 0 Å². The maximum Gasteiger partial charge on any atom is 0.128 e. The van der Waals surface area contributed by atoms with Gasteiger partial charge in [-0.1, -0.05) is 18.5 Å². The van der Waals surface area contributed by atoms with Crippen LogP contribution in [0.4, 0.5) is 5.82 Å². The average molecular weight is 254 g/mol. The van der Waals surface area contributed by atoms with E-state index in [1.165, 1.54) is 6.42 Å². The van der Waals surface area contributed by atoms with Crippen molar-refractivity contribution in [3.05, 3.63) is 23.4 Å². The van der Waals surface area contributed by atoms with Crippen LogP contribution in [0.1, 0.15) is 20.3 Å². The minimum Gasteiger partial charge on any atom is -0.354 e. The van der Waals surface area contributed by atoms with Crippen molar-refractivity contribution in [3.63, 3.8) is 0 Å². The Bertz CT molecular complexity index is 344. The van der Waals surface area contributed by atoms with Gasteiger partial charge in [-0.25, -0.2) is 4.98 Å². The highest BCUT2D eigenvalue weighted by Gasteiger charge is 2.20. The summed E-state index contributed by atoms with van der Waals surface area (Å²) in [7, 11) is 0. The van der Waals surface area contributed by atoms with Crippen LogP contribution < -0.4 is 4.90 Å². The third-order valence-electron chi connectivity index (χ3n) is 3.56. The van der Waals surface area contributed by atoms with E-state index in [-0.39, 0.29) is 0 Å². The Labute approximate surface area is 108 Å². The number of pyridine rings is 1. The Kier molecular flexibility index (Phi) is 4.24. The Hall–Kier alpha value is -0.800. The number of hydrogen-bond donors (Lipinski definition) is 0. The number of halogens is 1. The molecule has 0 amide bonds. The molecule has 2 heterocycles. The van der Waals surface area contributed by atoms with Gasteiger partial charge in [0.15, 0.2) is 0 Å². The largest absolute Gasteiger partial charge is 0.354 e. The molecule has 1 unspecified atom stereocenters. The molecule has 17 heavy (non-hydrogen) atoms. The van der Waals surface area contributed by atoms with E-state index >= 15 is 0 Å². The number of piperazine rings is 1. The normalized spacial score (nSPS) is 19.4. The van der Waals surface area contributed by atoms with Crippen LogP contribution >= 0.6 is 11.6 Å². The van der Waals surface area contributed by atoms with E-state index in [0.29, 0.717) is 11.1 Å². The van der Waals surface area contributed by atoms with Gasteiger partial charge in [-0.3, -0.25) is 4.90 Å². The molecule has 0 aliphatic carbocycles. The standard InChI is InChI=1S/C13H20ClN3/c1-3-11(2)16-6-8-17(9-7-16)13-5-4-12(14)10-15-13/h4-5,10-11H,3,6-9H2,1-2H3. The summed E-state index contributed by atoms with van der Waals surface area (Å²) in [6.07, 6.45) is 2.94. The molecule has 0 aromatic carbocycles. The van der Waals surface area contributed by atoms with Gasteiger partial charge in [-0.2, -0.15) is 0 Å². The monoisotopic (exact) mass is 253 g/mol. The molecule has 0 saturated carbocycles. The molecule has 0 N–H and O–H groups in total. The summed E-state index contributed by atoms with van der Waals surface area (Å²) >= 11 is 5.84. The van der Waals surface area contributed by atoms with Gasteiger partial charge in [-0.15, -0.1) is 0 Å². The fourth-order valence-corrected chi connectivity index (χ4v) is 2.32. The number of nitrogens with zero attached hydrogens (tertiary/aromatic N) is 3. The van der Waals surface area contributed by atoms with Crippen molar-refractivity contribution in [3.8, 4) is 0 Å². The van der Waals surface area contributed by atoms with Gasteiger partial charge < -0.3 is 4.90 Å². The average Bonchev–Trinajstić information content (AvgIpc) is 2.39. The van der Waals surface area contributed by atoms with Crippen LogP contribution in [0.3, 0.4) is 0 Å². The van der Waals surface area contributed by atoms with Gasteiger partial charge in [0.1, 0.15) is 5.82 Å². The molecular weight excluding hydrogens is 234 g/mol. The van der Waals surface area contributed by atoms with E-state index in [1.54, 1.807) is 6.20 Å². The Balaban J connectivity index is 1.93. The highest BCUT2D eigenvalue weighted by atomic mass is 35.5. The fourth-order valence-electron chi connectivity index (χ4n) is 2.21. The molecule has 94 valence electrons. The van der Waals surface area contributed by atoms with Gasteiger partial charge in [0.25, 0.3) is 0 Å². The van der Waals surface area contributed by atoms with Crippen molar-refractivity contribution >= 4 is 17.4 Å².